The van der Waals surface area contributed by atoms with Crippen molar-refractivity contribution in [2.24, 2.45) is 0 Å². The molecule has 1 N–H and O–H groups in total. The number of carbonyl (C=O) groups is 1. The first-order valence-corrected chi connectivity index (χ1v) is 8.18. The van der Waals surface area contributed by atoms with Crippen molar-refractivity contribution in [3.63, 3.8) is 0 Å². The van der Waals surface area contributed by atoms with Crippen LogP contribution in [0.5, 0.6) is 5.75 Å². The number of rotatable bonds is 4. The molecule has 1 aromatic rings. The van der Waals surface area contributed by atoms with E-state index in [4.69, 9.17) is 21.1 Å². The Kier molecular flexibility index (Phi) is 6.87. The van der Waals surface area contributed by atoms with E-state index >= 15 is 0 Å². The Bertz CT molecular complexity index is 491. The van der Waals surface area contributed by atoms with E-state index in [1.807, 2.05) is 26.8 Å². The Balaban J connectivity index is 2.38. The summed E-state index contributed by atoms with van der Waals surface area (Å²) >= 11 is 11.6. The summed E-state index contributed by atoms with van der Waals surface area (Å²) in [6.45, 7) is 6.10. The van der Waals surface area contributed by atoms with Gasteiger partial charge < -0.3 is 14.8 Å². The molecule has 20 heavy (non-hydrogen) atoms. The van der Waals surface area contributed by atoms with Gasteiger partial charge in [-0.2, -0.15) is 0 Å². The molecule has 0 saturated carbocycles. The number of ether oxygens (including phenoxy) is 2. The molecule has 4 nitrogen and oxygen atoms in total. The lowest BCUT2D eigenvalue weighted by molar-refractivity contribution is 0.0520. The zero-order valence-electron chi connectivity index (χ0n) is 11.4. The van der Waals surface area contributed by atoms with Crippen molar-refractivity contribution >= 4 is 56.2 Å². The summed E-state index contributed by atoms with van der Waals surface area (Å²) in [6.07, 6.45) is -0.461. The average Bonchev–Trinajstić information content (AvgIpc) is 2.28. The summed E-state index contributed by atoms with van der Waals surface area (Å²) in [5, 5.41) is 3.14. The number of benzene rings is 1. The summed E-state index contributed by atoms with van der Waals surface area (Å²) in [6, 6.07) is 3.61. The highest BCUT2D eigenvalue weighted by Gasteiger charge is 2.15. The van der Waals surface area contributed by atoms with Crippen molar-refractivity contribution in [3.05, 3.63) is 25.2 Å². The van der Waals surface area contributed by atoms with Crippen molar-refractivity contribution in [1.82, 2.24) is 5.32 Å². The summed E-state index contributed by atoms with van der Waals surface area (Å²) in [4.78, 5) is 11.4. The second-order valence-corrected chi connectivity index (χ2v) is 7.40. The van der Waals surface area contributed by atoms with Crippen LogP contribution in [0.25, 0.3) is 0 Å². The highest BCUT2D eigenvalue weighted by Crippen LogP contribution is 2.31. The molecule has 0 unspecified atom stereocenters. The van der Waals surface area contributed by atoms with Crippen molar-refractivity contribution in [1.29, 1.82) is 0 Å². The number of nitrogens with one attached hydrogen (secondary N) is 1. The Morgan fingerprint density at radius 3 is 2.70 bits per heavy atom. The average molecular weight is 477 g/mol. The Morgan fingerprint density at radius 1 is 1.45 bits per heavy atom. The number of hydrogen-bond donors (Lipinski definition) is 1. The first-order valence-electron chi connectivity index (χ1n) is 5.93. The van der Waals surface area contributed by atoms with Crippen molar-refractivity contribution in [2.45, 2.75) is 26.4 Å². The van der Waals surface area contributed by atoms with Crippen LogP contribution in [0.15, 0.2) is 16.6 Å². The van der Waals surface area contributed by atoms with Crippen LogP contribution in [0.4, 0.5) is 4.79 Å². The van der Waals surface area contributed by atoms with E-state index in [9.17, 15) is 4.79 Å². The summed E-state index contributed by atoms with van der Waals surface area (Å²) in [5.41, 5.74) is -0.504. The van der Waals surface area contributed by atoms with Gasteiger partial charge in [0.1, 0.15) is 18.0 Å². The third-order valence-electron chi connectivity index (χ3n) is 2.00. The second-order valence-electron chi connectivity index (χ2n) is 4.97. The van der Waals surface area contributed by atoms with Crippen LogP contribution in [0.2, 0.25) is 5.02 Å². The second kappa shape index (κ2) is 7.70. The normalized spacial score (nSPS) is 11.1. The van der Waals surface area contributed by atoms with E-state index in [0.29, 0.717) is 23.9 Å². The van der Waals surface area contributed by atoms with E-state index in [-0.39, 0.29) is 0 Å². The maximum Gasteiger partial charge on any atom is 0.407 e. The number of carbonyl (C=O) groups excluding carboxylic acids is 1. The third kappa shape index (κ3) is 6.49. The van der Waals surface area contributed by atoms with E-state index in [1.165, 1.54) is 0 Å². The lowest BCUT2D eigenvalue weighted by atomic mass is 10.2. The molecule has 1 aromatic carbocycles. The van der Waals surface area contributed by atoms with Crippen molar-refractivity contribution in [2.75, 3.05) is 13.2 Å². The van der Waals surface area contributed by atoms with Crippen LogP contribution < -0.4 is 10.1 Å². The number of amides is 1. The standard InChI is InChI=1S/C13H16BrClINO3/c1-13(2,3)20-12(18)17-4-5-19-11-7-10(16)8(14)6-9(11)15/h6-7H,4-5H2,1-3H3,(H,17,18). The molecule has 0 fully saturated rings. The van der Waals surface area contributed by atoms with Crippen LogP contribution in [0.1, 0.15) is 20.8 Å². The molecule has 1 amide bonds. The quantitative estimate of drug-likeness (QED) is 0.392. The summed E-state index contributed by atoms with van der Waals surface area (Å²) < 4.78 is 12.6. The van der Waals surface area contributed by atoms with Gasteiger partial charge in [-0.1, -0.05) is 11.6 Å². The fourth-order valence-electron chi connectivity index (χ4n) is 1.24. The highest BCUT2D eigenvalue weighted by atomic mass is 127. The molecule has 0 aliphatic carbocycles. The van der Waals surface area contributed by atoms with Crippen molar-refractivity contribution in [3.8, 4) is 5.75 Å². The molecule has 0 aromatic heterocycles. The van der Waals surface area contributed by atoms with Gasteiger partial charge in [-0.05, 0) is 71.4 Å². The molecular formula is C13H16BrClINO3. The van der Waals surface area contributed by atoms with Crippen LogP contribution in [-0.2, 0) is 4.74 Å². The van der Waals surface area contributed by atoms with E-state index in [1.54, 1.807) is 6.07 Å². The molecule has 0 bridgehead atoms. The molecule has 0 radical (unpaired) electrons. The molecule has 0 heterocycles. The maximum atomic E-state index is 11.4. The third-order valence-corrected chi connectivity index (χ3v) is 4.59. The fraction of sp³-hybridized carbons (Fsp3) is 0.462. The lowest BCUT2D eigenvalue weighted by Gasteiger charge is -2.19. The largest absolute Gasteiger partial charge is 0.490 e. The Morgan fingerprint density at radius 2 is 2.10 bits per heavy atom. The van der Waals surface area contributed by atoms with Gasteiger partial charge in [0.25, 0.3) is 0 Å². The predicted octanol–water partition coefficient (Wildman–Crippen LogP) is 4.61. The zero-order chi connectivity index (χ0) is 15.3. The lowest BCUT2D eigenvalue weighted by Crippen LogP contribution is -2.34. The molecular weight excluding hydrogens is 460 g/mol. The molecule has 112 valence electrons. The first-order chi connectivity index (χ1) is 9.19. The Hall–Kier alpha value is -0.210. The van der Waals surface area contributed by atoms with Crippen LogP contribution >= 0.6 is 50.1 Å². The van der Waals surface area contributed by atoms with Gasteiger partial charge in [0.2, 0.25) is 0 Å². The minimum Gasteiger partial charge on any atom is -0.490 e. The molecule has 0 aliphatic rings. The van der Waals surface area contributed by atoms with Crippen LogP contribution in [0.3, 0.4) is 0 Å². The minimum atomic E-state index is -0.504. The van der Waals surface area contributed by atoms with Gasteiger partial charge >= 0.3 is 6.09 Å². The van der Waals surface area contributed by atoms with Crippen LogP contribution in [0, 0.1) is 3.57 Å². The van der Waals surface area contributed by atoms with Gasteiger partial charge in [0.15, 0.2) is 0 Å². The van der Waals surface area contributed by atoms with Gasteiger partial charge in [0.05, 0.1) is 11.6 Å². The van der Waals surface area contributed by atoms with Crippen LogP contribution in [-0.4, -0.2) is 24.8 Å². The van der Waals surface area contributed by atoms with Gasteiger partial charge in [0, 0.05) is 8.04 Å². The monoisotopic (exact) mass is 475 g/mol. The van der Waals surface area contributed by atoms with E-state index in [0.717, 1.165) is 8.04 Å². The van der Waals surface area contributed by atoms with E-state index in [2.05, 4.69) is 43.8 Å². The SMILES string of the molecule is CC(C)(C)OC(=O)NCCOc1cc(I)c(Br)cc1Cl. The first kappa shape index (κ1) is 17.8. The smallest absolute Gasteiger partial charge is 0.407 e. The summed E-state index contributed by atoms with van der Waals surface area (Å²) in [5.74, 6) is 0.588. The Labute approximate surface area is 145 Å². The zero-order valence-corrected chi connectivity index (χ0v) is 15.9. The van der Waals surface area contributed by atoms with Gasteiger partial charge in [-0.15, -0.1) is 0 Å². The molecule has 0 aliphatic heterocycles. The fourth-order valence-corrected chi connectivity index (χ4v) is 2.38. The number of halogens is 3. The maximum absolute atomic E-state index is 11.4. The molecule has 0 atom stereocenters. The summed E-state index contributed by atoms with van der Waals surface area (Å²) in [7, 11) is 0. The topological polar surface area (TPSA) is 47.6 Å². The molecule has 0 saturated heterocycles. The number of alkyl carbamates (subject to hydrolysis) is 1. The van der Waals surface area contributed by atoms with Gasteiger partial charge in [-0.3, -0.25) is 0 Å². The minimum absolute atomic E-state index is 0.316. The molecule has 7 heteroatoms. The molecule has 1 rings (SSSR count). The predicted molar refractivity (Wildman–Crippen MR) is 91.6 cm³/mol. The van der Waals surface area contributed by atoms with Gasteiger partial charge in [-0.25, -0.2) is 4.79 Å². The van der Waals surface area contributed by atoms with Crippen molar-refractivity contribution < 1.29 is 14.3 Å². The highest BCUT2D eigenvalue weighted by molar-refractivity contribution is 14.1. The van der Waals surface area contributed by atoms with E-state index < -0.39 is 11.7 Å². The number of hydrogen-bond acceptors (Lipinski definition) is 3. The molecule has 0 spiro atoms.